The monoisotopic (exact) mass is 299 g/mol. The first-order valence-corrected chi connectivity index (χ1v) is 5.61. The Kier molecular flexibility index (Phi) is 3.38. The summed E-state index contributed by atoms with van der Waals surface area (Å²) in [7, 11) is 0. The molecule has 2 rings (SSSR count). The van der Waals surface area contributed by atoms with Crippen molar-refractivity contribution in [2.24, 2.45) is 0 Å². The number of aromatic nitrogens is 1. The van der Waals surface area contributed by atoms with E-state index in [1.807, 2.05) is 0 Å². The topological polar surface area (TPSA) is 22.1 Å². The van der Waals surface area contributed by atoms with Crippen molar-refractivity contribution in [3.8, 4) is 11.6 Å². The van der Waals surface area contributed by atoms with Gasteiger partial charge >= 0.3 is 0 Å². The molecule has 0 N–H and O–H groups in total. The van der Waals surface area contributed by atoms with Crippen LogP contribution in [0.2, 0.25) is 0 Å². The zero-order valence-corrected chi connectivity index (χ0v) is 10.5. The molecular weight excluding hydrogens is 292 g/mol. The molecule has 1 aromatic carbocycles. The van der Waals surface area contributed by atoms with Crippen molar-refractivity contribution in [3.63, 3.8) is 0 Å². The molecule has 0 radical (unpaired) electrons. The number of rotatable bonds is 2. The van der Waals surface area contributed by atoms with Gasteiger partial charge in [-0.25, -0.2) is 13.8 Å². The molecule has 0 saturated heterocycles. The summed E-state index contributed by atoms with van der Waals surface area (Å²) in [5.41, 5.74) is 0.736. The average molecular weight is 300 g/mol. The van der Waals surface area contributed by atoms with Gasteiger partial charge in [-0.1, -0.05) is 0 Å². The third-order valence-corrected chi connectivity index (χ3v) is 2.89. The summed E-state index contributed by atoms with van der Waals surface area (Å²) in [5.74, 6) is -1.00. The molecule has 0 fully saturated rings. The predicted molar refractivity (Wildman–Crippen MR) is 63.1 cm³/mol. The molecule has 0 aliphatic heterocycles. The molecule has 0 atom stereocenters. The van der Waals surface area contributed by atoms with Gasteiger partial charge in [0, 0.05) is 28.7 Å². The number of benzene rings is 1. The summed E-state index contributed by atoms with van der Waals surface area (Å²) >= 11 is 3.30. The maximum absolute atomic E-state index is 12.9. The van der Waals surface area contributed by atoms with Gasteiger partial charge in [-0.15, -0.1) is 0 Å². The number of aryl methyl sites for hydroxylation is 1. The lowest BCUT2D eigenvalue weighted by molar-refractivity contribution is 0.450. The van der Waals surface area contributed by atoms with E-state index in [2.05, 4.69) is 20.9 Å². The summed E-state index contributed by atoms with van der Waals surface area (Å²) < 4.78 is 32.0. The Balaban J connectivity index is 2.28. The van der Waals surface area contributed by atoms with Crippen molar-refractivity contribution in [2.45, 2.75) is 6.92 Å². The van der Waals surface area contributed by atoms with E-state index >= 15 is 0 Å². The molecule has 0 amide bonds. The smallest absolute Gasteiger partial charge is 0.219 e. The zero-order valence-electron chi connectivity index (χ0n) is 8.88. The predicted octanol–water partition coefficient (Wildman–Crippen LogP) is 4.22. The van der Waals surface area contributed by atoms with Crippen LogP contribution in [0.25, 0.3) is 0 Å². The van der Waals surface area contributed by atoms with Crippen molar-refractivity contribution >= 4 is 15.9 Å². The van der Waals surface area contributed by atoms with E-state index in [1.165, 1.54) is 0 Å². The van der Waals surface area contributed by atoms with Crippen molar-refractivity contribution in [1.82, 2.24) is 4.98 Å². The first-order valence-electron chi connectivity index (χ1n) is 4.82. The number of pyridine rings is 1. The van der Waals surface area contributed by atoms with Crippen LogP contribution in [0.15, 0.2) is 34.8 Å². The van der Waals surface area contributed by atoms with Gasteiger partial charge in [0.05, 0.1) is 5.69 Å². The minimum Gasteiger partial charge on any atom is -0.439 e. The van der Waals surface area contributed by atoms with Gasteiger partial charge < -0.3 is 4.74 Å². The van der Waals surface area contributed by atoms with Gasteiger partial charge in [-0.05, 0) is 28.9 Å². The average Bonchev–Trinajstić information content (AvgIpc) is 2.22. The molecule has 1 heterocycles. The molecule has 0 unspecified atom stereocenters. The van der Waals surface area contributed by atoms with Crippen LogP contribution in [0.1, 0.15) is 5.69 Å². The Labute approximate surface area is 105 Å². The summed E-state index contributed by atoms with van der Waals surface area (Å²) in [6.45, 7) is 1.79. The molecule has 0 saturated carbocycles. The summed E-state index contributed by atoms with van der Waals surface area (Å²) in [5, 5.41) is 0. The van der Waals surface area contributed by atoms with Crippen LogP contribution in [-0.4, -0.2) is 4.98 Å². The second kappa shape index (κ2) is 4.79. The second-order valence-corrected chi connectivity index (χ2v) is 4.28. The van der Waals surface area contributed by atoms with Crippen LogP contribution in [-0.2, 0) is 0 Å². The maximum atomic E-state index is 12.9. The highest BCUT2D eigenvalue weighted by atomic mass is 79.9. The Morgan fingerprint density at radius 3 is 2.35 bits per heavy atom. The van der Waals surface area contributed by atoms with Crippen LogP contribution >= 0.6 is 15.9 Å². The second-order valence-electron chi connectivity index (χ2n) is 3.42. The molecule has 88 valence electrons. The Hall–Kier alpha value is -1.49. The minimum atomic E-state index is -0.686. The van der Waals surface area contributed by atoms with Gasteiger partial charge in [-0.3, -0.25) is 0 Å². The lowest BCUT2D eigenvalue weighted by atomic mass is 10.3. The molecule has 2 nitrogen and oxygen atoms in total. The van der Waals surface area contributed by atoms with E-state index in [0.717, 1.165) is 28.4 Å². The van der Waals surface area contributed by atoms with Crippen molar-refractivity contribution < 1.29 is 13.5 Å². The zero-order chi connectivity index (χ0) is 12.4. The van der Waals surface area contributed by atoms with Crippen LogP contribution < -0.4 is 4.74 Å². The Morgan fingerprint density at radius 1 is 1.12 bits per heavy atom. The molecule has 0 aliphatic rings. The number of halogens is 3. The number of nitrogens with zero attached hydrogens (tertiary/aromatic N) is 1. The van der Waals surface area contributed by atoms with Gasteiger partial charge in [0.2, 0.25) is 5.88 Å². The van der Waals surface area contributed by atoms with Crippen LogP contribution in [0.3, 0.4) is 0 Å². The molecule has 5 heteroatoms. The highest BCUT2D eigenvalue weighted by Gasteiger charge is 2.05. The van der Waals surface area contributed by atoms with E-state index in [-0.39, 0.29) is 11.6 Å². The first kappa shape index (κ1) is 12.0. The lowest BCUT2D eigenvalue weighted by Crippen LogP contribution is -1.92. The normalized spacial score (nSPS) is 10.4. The Morgan fingerprint density at radius 2 is 1.76 bits per heavy atom. The van der Waals surface area contributed by atoms with Gasteiger partial charge in [0.15, 0.2) is 0 Å². The molecule has 2 aromatic rings. The molecule has 0 bridgehead atoms. The largest absolute Gasteiger partial charge is 0.439 e. The van der Waals surface area contributed by atoms with E-state index in [0.29, 0.717) is 0 Å². The number of hydrogen-bond acceptors (Lipinski definition) is 2. The van der Waals surface area contributed by atoms with E-state index in [9.17, 15) is 8.78 Å². The number of ether oxygens (including phenoxy) is 1. The fraction of sp³-hybridized carbons (Fsp3) is 0.0833. The van der Waals surface area contributed by atoms with Crippen molar-refractivity contribution in [3.05, 3.63) is 52.1 Å². The highest BCUT2D eigenvalue weighted by Crippen LogP contribution is 2.24. The fourth-order valence-corrected chi connectivity index (χ4v) is 1.51. The maximum Gasteiger partial charge on any atom is 0.219 e. The van der Waals surface area contributed by atoms with Crippen molar-refractivity contribution in [2.75, 3.05) is 0 Å². The molecule has 17 heavy (non-hydrogen) atoms. The lowest BCUT2D eigenvalue weighted by Gasteiger charge is -2.06. The highest BCUT2D eigenvalue weighted by molar-refractivity contribution is 9.10. The van der Waals surface area contributed by atoms with E-state index in [1.54, 1.807) is 19.1 Å². The van der Waals surface area contributed by atoms with E-state index in [4.69, 9.17) is 4.74 Å². The van der Waals surface area contributed by atoms with Crippen molar-refractivity contribution in [1.29, 1.82) is 0 Å². The number of hydrogen-bond donors (Lipinski definition) is 0. The standard InChI is InChI=1S/C12H8BrF2NO/c1-7-11(13)2-3-12(16-7)17-10-5-8(14)4-9(15)6-10/h2-6H,1H3. The van der Waals surface area contributed by atoms with Crippen LogP contribution in [0.4, 0.5) is 8.78 Å². The Bertz CT molecular complexity index is 540. The van der Waals surface area contributed by atoms with Gasteiger partial charge in [-0.2, -0.15) is 0 Å². The summed E-state index contributed by atoms with van der Waals surface area (Å²) in [4.78, 5) is 4.11. The quantitative estimate of drug-likeness (QED) is 0.828. The first-order chi connectivity index (χ1) is 8.04. The molecule has 0 aliphatic carbocycles. The molecule has 1 aromatic heterocycles. The van der Waals surface area contributed by atoms with Crippen LogP contribution in [0.5, 0.6) is 11.6 Å². The van der Waals surface area contributed by atoms with Gasteiger partial charge in [0.1, 0.15) is 17.4 Å². The molecular formula is C12H8BrF2NO. The third-order valence-electron chi connectivity index (χ3n) is 2.05. The van der Waals surface area contributed by atoms with Crippen LogP contribution in [0, 0.1) is 18.6 Å². The fourth-order valence-electron chi connectivity index (χ4n) is 1.29. The summed E-state index contributed by atoms with van der Waals surface area (Å²) in [6, 6.07) is 6.35. The SMILES string of the molecule is Cc1nc(Oc2cc(F)cc(F)c2)ccc1Br. The van der Waals surface area contributed by atoms with Gasteiger partial charge in [0.25, 0.3) is 0 Å². The third kappa shape index (κ3) is 3.00. The van der Waals surface area contributed by atoms with E-state index < -0.39 is 11.6 Å². The molecule has 0 spiro atoms. The minimum absolute atomic E-state index is 0.0803. The summed E-state index contributed by atoms with van der Waals surface area (Å²) in [6.07, 6.45) is 0.